The molecule has 1 amide bonds. The number of aliphatic hydroxyl groups is 1. The van der Waals surface area contributed by atoms with E-state index >= 15 is 0 Å². The van der Waals surface area contributed by atoms with Crippen LogP contribution in [0.25, 0.3) is 0 Å². The molecule has 2 N–H and O–H groups in total. The fraction of sp³-hybridized carbons (Fsp3) is 0.533. The van der Waals surface area contributed by atoms with E-state index < -0.39 is 6.10 Å². The Morgan fingerprint density at radius 2 is 2.25 bits per heavy atom. The highest BCUT2D eigenvalue weighted by molar-refractivity contribution is 6.18. The average molecular weight is 297 g/mol. The summed E-state index contributed by atoms with van der Waals surface area (Å²) in [4.78, 5) is 13.8. The summed E-state index contributed by atoms with van der Waals surface area (Å²) in [6, 6.07) is 5.90. The second kappa shape index (κ2) is 6.95. The maximum atomic E-state index is 11.9. The maximum Gasteiger partial charge on any atom is 0.226 e. The van der Waals surface area contributed by atoms with Crippen LogP contribution in [0.1, 0.15) is 24.8 Å². The van der Waals surface area contributed by atoms with Crippen molar-refractivity contribution in [3.63, 3.8) is 0 Å². The van der Waals surface area contributed by atoms with E-state index in [1.165, 1.54) is 0 Å². The first-order chi connectivity index (χ1) is 9.61. The molecule has 1 atom stereocenters. The molecule has 1 aliphatic heterocycles. The third-order valence-electron chi connectivity index (χ3n) is 3.53. The van der Waals surface area contributed by atoms with Gasteiger partial charge in [-0.25, -0.2) is 0 Å². The second-order valence-electron chi connectivity index (χ2n) is 5.19. The summed E-state index contributed by atoms with van der Waals surface area (Å²) in [5.41, 5.74) is 2.98. The molecule has 0 saturated carbocycles. The lowest BCUT2D eigenvalue weighted by Crippen LogP contribution is -2.35. The molecular formula is C15H21ClN2O2. The molecule has 0 aromatic heterocycles. The van der Waals surface area contributed by atoms with Gasteiger partial charge in [0.2, 0.25) is 5.91 Å². The van der Waals surface area contributed by atoms with Crippen LogP contribution in [0.4, 0.5) is 11.4 Å². The van der Waals surface area contributed by atoms with Crippen LogP contribution in [0.3, 0.4) is 0 Å². The number of anilines is 2. The van der Waals surface area contributed by atoms with Crippen LogP contribution in [-0.4, -0.2) is 36.1 Å². The molecule has 1 heterocycles. The first-order valence-electron chi connectivity index (χ1n) is 7.00. The van der Waals surface area contributed by atoms with E-state index in [1.807, 2.05) is 30.0 Å². The van der Waals surface area contributed by atoms with E-state index in [4.69, 9.17) is 11.6 Å². The molecule has 2 rings (SSSR count). The van der Waals surface area contributed by atoms with Crippen molar-refractivity contribution in [2.75, 3.05) is 29.2 Å². The van der Waals surface area contributed by atoms with Gasteiger partial charge in [-0.15, -0.1) is 11.6 Å². The van der Waals surface area contributed by atoms with Crippen LogP contribution < -0.4 is 10.2 Å². The molecule has 1 saturated heterocycles. The molecule has 1 aliphatic rings. The minimum Gasteiger partial charge on any atom is -0.390 e. The number of carbonyl (C=O) groups is 1. The van der Waals surface area contributed by atoms with Crippen molar-refractivity contribution in [1.29, 1.82) is 0 Å². The molecule has 1 aromatic carbocycles. The lowest BCUT2D eigenvalue weighted by Gasteiger charge is -2.28. The third kappa shape index (κ3) is 3.64. The molecule has 1 unspecified atom stereocenters. The van der Waals surface area contributed by atoms with Gasteiger partial charge in [0.15, 0.2) is 0 Å². The van der Waals surface area contributed by atoms with E-state index in [0.717, 1.165) is 36.3 Å². The second-order valence-corrected chi connectivity index (χ2v) is 5.50. The van der Waals surface area contributed by atoms with Crippen LogP contribution in [-0.2, 0) is 4.79 Å². The number of nitrogens with zero attached hydrogens (tertiary/aromatic N) is 1. The number of nitrogens with one attached hydrogen (secondary N) is 1. The Morgan fingerprint density at radius 3 is 2.90 bits per heavy atom. The maximum absolute atomic E-state index is 11.9. The fourth-order valence-corrected chi connectivity index (χ4v) is 2.53. The smallest absolute Gasteiger partial charge is 0.226 e. The Labute approximate surface area is 124 Å². The Bertz CT molecular complexity index is 479. The summed E-state index contributed by atoms with van der Waals surface area (Å²) in [7, 11) is 0. The van der Waals surface area contributed by atoms with Crippen LogP contribution in [0.2, 0.25) is 0 Å². The third-order valence-corrected chi connectivity index (χ3v) is 3.89. The van der Waals surface area contributed by atoms with E-state index in [1.54, 1.807) is 0 Å². The van der Waals surface area contributed by atoms with Crippen LogP contribution in [0.15, 0.2) is 18.2 Å². The average Bonchev–Trinajstić information content (AvgIpc) is 2.46. The summed E-state index contributed by atoms with van der Waals surface area (Å²) in [5.74, 6) is 0.421. The topological polar surface area (TPSA) is 52.6 Å². The van der Waals surface area contributed by atoms with Crippen LogP contribution in [0.5, 0.6) is 0 Å². The number of rotatable bonds is 5. The van der Waals surface area contributed by atoms with Gasteiger partial charge in [0.05, 0.1) is 12.0 Å². The van der Waals surface area contributed by atoms with Gasteiger partial charge in [-0.2, -0.15) is 0 Å². The van der Waals surface area contributed by atoms with E-state index in [9.17, 15) is 9.90 Å². The van der Waals surface area contributed by atoms with Crippen molar-refractivity contribution < 1.29 is 9.90 Å². The highest BCUT2D eigenvalue weighted by Gasteiger charge is 2.20. The van der Waals surface area contributed by atoms with Gasteiger partial charge < -0.3 is 15.3 Å². The number of aryl methyl sites for hydroxylation is 1. The summed E-state index contributed by atoms with van der Waals surface area (Å²) in [5, 5.41) is 12.6. The predicted molar refractivity (Wildman–Crippen MR) is 82.6 cm³/mol. The number of piperidine rings is 1. The van der Waals surface area contributed by atoms with Crippen LogP contribution in [0, 0.1) is 6.92 Å². The number of aliphatic hydroxyl groups excluding tert-OH is 1. The molecular weight excluding hydrogens is 276 g/mol. The lowest BCUT2D eigenvalue weighted by molar-refractivity contribution is -0.119. The first kappa shape index (κ1) is 15.1. The Balaban J connectivity index is 2.07. The van der Waals surface area contributed by atoms with Crippen LogP contribution >= 0.6 is 11.6 Å². The zero-order chi connectivity index (χ0) is 14.5. The highest BCUT2D eigenvalue weighted by atomic mass is 35.5. The quantitative estimate of drug-likeness (QED) is 0.821. The molecule has 1 aromatic rings. The Kier molecular flexibility index (Phi) is 5.26. The van der Waals surface area contributed by atoms with Gasteiger partial charge in [0.25, 0.3) is 0 Å². The van der Waals surface area contributed by atoms with E-state index in [2.05, 4.69) is 5.32 Å². The molecule has 0 spiro atoms. The summed E-state index contributed by atoms with van der Waals surface area (Å²) in [6.07, 6.45) is 2.14. The van der Waals surface area contributed by atoms with E-state index in [0.29, 0.717) is 13.0 Å². The lowest BCUT2D eigenvalue weighted by atomic mass is 10.1. The fourth-order valence-electron chi connectivity index (χ4n) is 2.42. The van der Waals surface area contributed by atoms with Gasteiger partial charge in [-0.1, -0.05) is 0 Å². The molecule has 0 radical (unpaired) electrons. The largest absolute Gasteiger partial charge is 0.390 e. The van der Waals surface area contributed by atoms with Gasteiger partial charge >= 0.3 is 0 Å². The van der Waals surface area contributed by atoms with Crippen molar-refractivity contribution in [3.8, 4) is 0 Å². The zero-order valence-electron chi connectivity index (χ0n) is 11.7. The summed E-state index contributed by atoms with van der Waals surface area (Å²) < 4.78 is 0. The monoisotopic (exact) mass is 296 g/mol. The highest BCUT2D eigenvalue weighted by Crippen LogP contribution is 2.27. The minimum atomic E-state index is -0.555. The molecule has 1 fully saturated rings. The van der Waals surface area contributed by atoms with Crippen molar-refractivity contribution >= 4 is 28.9 Å². The zero-order valence-corrected chi connectivity index (χ0v) is 12.5. The number of alkyl halides is 1. The van der Waals surface area contributed by atoms with Crippen molar-refractivity contribution in [3.05, 3.63) is 23.8 Å². The number of amides is 1. The summed E-state index contributed by atoms with van der Waals surface area (Å²) in [6.45, 7) is 3.22. The minimum absolute atomic E-state index is 0.206. The van der Waals surface area contributed by atoms with Crippen molar-refractivity contribution in [1.82, 2.24) is 0 Å². The Hall–Kier alpha value is -1.26. The number of hydrogen-bond acceptors (Lipinski definition) is 3. The molecule has 110 valence electrons. The molecule has 0 aliphatic carbocycles. The number of benzene rings is 1. The van der Waals surface area contributed by atoms with Crippen molar-refractivity contribution in [2.24, 2.45) is 0 Å². The van der Waals surface area contributed by atoms with Gasteiger partial charge in [-0.05, 0) is 43.5 Å². The van der Waals surface area contributed by atoms with Crippen molar-refractivity contribution in [2.45, 2.75) is 32.3 Å². The molecule has 0 bridgehead atoms. The normalized spacial score (nSPS) is 17.1. The van der Waals surface area contributed by atoms with Gasteiger partial charge in [-0.3, -0.25) is 4.79 Å². The SMILES string of the molecule is Cc1cc(NCC(O)CCl)ccc1N1CCCCC1=O. The first-order valence-corrected chi connectivity index (χ1v) is 7.54. The number of carbonyl (C=O) groups excluding carboxylic acids is 1. The molecule has 20 heavy (non-hydrogen) atoms. The summed E-state index contributed by atoms with van der Waals surface area (Å²) >= 11 is 5.56. The molecule has 5 heteroatoms. The molecule has 4 nitrogen and oxygen atoms in total. The van der Waals surface area contributed by atoms with Gasteiger partial charge in [0, 0.05) is 30.9 Å². The standard InChI is InChI=1S/C15H21ClN2O2/c1-11-8-12(17-10-13(19)9-16)5-6-14(11)18-7-3-2-4-15(18)20/h5-6,8,13,17,19H,2-4,7,9-10H2,1H3. The predicted octanol–water partition coefficient (Wildman–Crippen LogP) is 2.52. The number of hydrogen-bond donors (Lipinski definition) is 2. The number of halogens is 1. The Morgan fingerprint density at radius 1 is 1.45 bits per heavy atom. The van der Waals surface area contributed by atoms with Gasteiger partial charge in [0.1, 0.15) is 0 Å². The van der Waals surface area contributed by atoms with E-state index in [-0.39, 0.29) is 11.8 Å².